The van der Waals surface area contributed by atoms with Crippen molar-refractivity contribution in [3.05, 3.63) is 35.4 Å². The average Bonchev–Trinajstić information content (AvgIpc) is 2.27. The molecule has 0 atom stereocenters. The molecule has 0 spiro atoms. The third-order valence-electron chi connectivity index (χ3n) is 2.22. The highest BCUT2D eigenvalue weighted by Gasteiger charge is 2.09. The molecule has 18 heavy (non-hydrogen) atoms. The quantitative estimate of drug-likeness (QED) is 0.821. The summed E-state index contributed by atoms with van der Waals surface area (Å²) in [6.07, 6.45) is 3.85. The molecule has 3 nitrogen and oxygen atoms in total. The van der Waals surface area contributed by atoms with Crippen LogP contribution in [0.1, 0.15) is 18.9 Å². The van der Waals surface area contributed by atoms with Crippen LogP contribution in [0, 0.1) is 11.6 Å². The number of hydrogen-bond donors (Lipinski definition) is 1. The summed E-state index contributed by atoms with van der Waals surface area (Å²) in [6.45, 7) is 1.90. The lowest BCUT2D eigenvalue weighted by molar-refractivity contribution is -0.118. The Bertz CT molecular complexity index is 459. The molecule has 1 aromatic carbocycles. The van der Waals surface area contributed by atoms with Crippen LogP contribution in [-0.4, -0.2) is 19.6 Å². The van der Waals surface area contributed by atoms with Gasteiger partial charge in [0.2, 0.25) is 5.91 Å². The fraction of sp³-hybridized carbons (Fsp3) is 0.308. The van der Waals surface area contributed by atoms with Gasteiger partial charge < -0.3 is 10.1 Å². The first kappa shape index (κ1) is 14.2. The van der Waals surface area contributed by atoms with Crippen LogP contribution in [0.25, 0.3) is 6.08 Å². The maximum Gasteiger partial charge on any atom is 0.216 e. The Kier molecular flexibility index (Phi) is 5.30. The third kappa shape index (κ3) is 4.16. The number of halogens is 2. The Morgan fingerprint density at radius 3 is 2.78 bits per heavy atom. The number of nitrogens with one attached hydrogen (secondary N) is 1. The van der Waals surface area contributed by atoms with Crippen molar-refractivity contribution in [3.8, 4) is 5.75 Å². The number of ether oxygens (including phenoxy) is 1. The summed E-state index contributed by atoms with van der Waals surface area (Å²) in [5, 5.41) is 2.61. The first-order valence-electron chi connectivity index (χ1n) is 5.48. The molecule has 0 radical (unpaired) electrons. The average molecular weight is 255 g/mol. The van der Waals surface area contributed by atoms with Gasteiger partial charge in [-0.25, -0.2) is 8.78 Å². The first-order chi connectivity index (χ1) is 8.54. The Morgan fingerprint density at radius 2 is 2.17 bits per heavy atom. The minimum Gasteiger partial charge on any atom is -0.493 e. The maximum atomic E-state index is 13.3. The molecule has 5 heteroatoms. The fourth-order valence-corrected chi connectivity index (χ4v) is 1.46. The van der Waals surface area contributed by atoms with Crippen molar-refractivity contribution < 1.29 is 18.3 Å². The monoisotopic (exact) mass is 255 g/mol. The van der Waals surface area contributed by atoms with Crippen LogP contribution in [0.4, 0.5) is 8.78 Å². The lowest BCUT2D eigenvalue weighted by Crippen LogP contribution is -2.20. The van der Waals surface area contributed by atoms with E-state index < -0.39 is 11.6 Å². The molecule has 98 valence electrons. The second-order valence-corrected chi connectivity index (χ2v) is 3.68. The van der Waals surface area contributed by atoms with Crippen LogP contribution in [-0.2, 0) is 4.79 Å². The largest absolute Gasteiger partial charge is 0.493 e. The van der Waals surface area contributed by atoms with E-state index in [1.54, 1.807) is 12.2 Å². The zero-order chi connectivity index (χ0) is 13.5. The zero-order valence-electron chi connectivity index (χ0n) is 10.3. The van der Waals surface area contributed by atoms with Crippen LogP contribution in [0.5, 0.6) is 5.75 Å². The van der Waals surface area contributed by atoms with Gasteiger partial charge in [0.25, 0.3) is 0 Å². The number of amides is 1. The Balaban J connectivity index is 2.71. The van der Waals surface area contributed by atoms with Crippen LogP contribution in [0.2, 0.25) is 0 Å². The summed E-state index contributed by atoms with van der Waals surface area (Å²) >= 11 is 0. The topological polar surface area (TPSA) is 38.3 Å². The smallest absolute Gasteiger partial charge is 0.216 e. The lowest BCUT2D eigenvalue weighted by atomic mass is 10.1. The summed E-state index contributed by atoms with van der Waals surface area (Å²) in [7, 11) is 1.32. The van der Waals surface area contributed by atoms with E-state index in [4.69, 9.17) is 4.74 Å². The Hall–Kier alpha value is -1.91. The third-order valence-corrected chi connectivity index (χ3v) is 2.22. The number of rotatable bonds is 5. The molecule has 0 unspecified atom stereocenters. The second-order valence-electron chi connectivity index (χ2n) is 3.68. The van der Waals surface area contributed by atoms with Gasteiger partial charge in [-0.1, -0.05) is 12.2 Å². The molecule has 0 saturated carbocycles. The standard InChI is InChI=1S/C13H15F2NO2/c1-9(17)16-6-4-3-5-10-7-11(14)8-12(15)13(10)18-2/h3,5,7-8H,4,6H2,1-2H3,(H,16,17). The summed E-state index contributed by atoms with van der Waals surface area (Å²) in [6, 6.07) is 1.96. The molecule has 1 N–H and O–H groups in total. The van der Waals surface area contributed by atoms with Crippen molar-refractivity contribution in [2.45, 2.75) is 13.3 Å². The normalized spacial score (nSPS) is 10.7. The minimum absolute atomic E-state index is 0.00665. The number of carbonyl (C=O) groups excluding carboxylic acids is 1. The van der Waals surface area contributed by atoms with Gasteiger partial charge in [0, 0.05) is 25.1 Å². The first-order valence-corrected chi connectivity index (χ1v) is 5.48. The molecule has 0 aliphatic heterocycles. The van der Waals surface area contributed by atoms with Crippen molar-refractivity contribution in [2.24, 2.45) is 0 Å². The molecular formula is C13H15F2NO2. The van der Waals surface area contributed by atoms with E-state index in [1.165, 1.54) is 20.1 Å². The van der Waals surface area contributed by atoms with Gasteiger partial charge in [0.1, 0.15) is 5.82 Å². The van der Waals surface area contributed by atoms with E-state index in [0.29, 0.717) is 18.5 Å². The minimum atomic E-state index is -0.737. The Morgan fingerprint density at radius 1 is 1.44 bits per heavy atom. The van der Waals surface area contributed by atoms with E-state index in [2.05, 4.69) is 5.32 Å². The SMILES string of the molecule is COc1c(F)cc(F)cc1C=CCCNC(C)=O. The number of benzene rings is 1. The predicted octanol–water partition coefficient (Wildman–Crippen LogP) is 2.51. The van der Waals surface area contributed by atoms with Crippen LogP contribution < -0.4 is 10.1 Å². The molecule has 0 heterocycles. The molecule has 0 saturated heterocycles. The molecule has 1 rings (SSSR count). The lowest BCUT2D eigenvalue weighted by Gasteiger charge is -2.06. The number of hydrogen-bond acceptors (Lipinski definition) is 2. The van der Waals surface area contributed by atoms with Gasteiger partial charge in [-0.3, -0.25) is 4.79 Å². The zero-order valence-corrected chi connectivity index (χ0v) is 10.3. The van der Waals surface area contributed by atoms with Crippen molar-refractivity contribution in [3.63, 3.8) is 0 Å². The van der Waals surface area contributed by atoms with Gasteiger partial charge in [-0.05, 0) is 12.5 Å². The predicted molar refractivity (Wildman–Crippen MR) is 65.2 cm³/mol. The van der Waals surface area contributed by atoms with Crippen LogP contribution >= 0.6 is 0 Å². The van der Waals surface area contributed by atoms with Crippen LogP contribution in [0.3, 0.4) is 0 Å². The molecule has 0 aliphatic rings. The van der Waals surface area contributed by atoms with E-state index in [-0.39, 0.29) is 11.7 Å². The van der Waals surface area contributed by atoms with Gasteiger partial charge >= 0.3 is 0 Å². The van der Waals surface area contributed by atoms with E-state index in [1.807, 2.05) is 0 Å². The van der Waals surface area contributed by atoms with Crippen molar-refractivity contribution >= 4 is 12.0 Å². The van der Waals surface area contributed by atoms with E-state index >= 15 is 0 Å². The fourth-order valence-electron chi connectivity index (χ4n) is 1.46. The highest BCUT2D eigenvalue weighted by Crippen LogP contribution is 2.25. The highest BCUT2D eigenvalue weighted by molar-refractivity contribution is 5.72. The van der Waals surface area contributed by atoms with Crippen molar-refractivity contribution in [2.75, 3.05) is 13.7 Å². The van der Waals surface area contributed by atoms with Gasteiger partial charge in [0.05, 0.1) is 7.11 Å². The molecule has 1 aromatic rings. The summed E-state index contributed by atoms with van der Waals surface area (Å²) < 4.78 is 31.2. The summed E-state index contributed by atoms with van der Waals surface area (Å²) in [5.41, 5.74) is 0.331. The number of carbonyl (C=O) groups is 1. The summed E-state index contributed by atoms with van der Waals surface area (Å²) in [5.74, 6) is -1.50. The summed E-state index contributed by atoms with van der Waals surface area (Å²) in [4.78, 5) is 10.6. The van der Waals surface area contributed by atoms with Gasteiger partial charge in [0.15, 0.2) is 11.6 Å². The molecule has 1 amide bonds. The van der Waals surface area contributed by atoms with Crippen LogP contribution in [0.15, 0.2) is 18.2 Å². The van der Waals surface area contributed by atoms with Gasteiger partial charge in [-0.15, -0.1) is 0 Å². The maximum absolute atomic E-state index is 13.3. The number of methoxy groups -OCH3 is 1. The van der Waals surface area contributed by atoms with Gasteiger partial charge in [-0.2, -0.15) is 0 Å². The molecule has 0 aliphatic carbocycles. The second kappa shape index (κ2) is 6.74. The molecule has 0 bridgehead atoms. The highest BCUT2D eigenvalue weighted by atomic mass is 19.1. The van der Waals surface area contributed by atoms with E-state index in [9.17, 15) is 13.6 Å². The molecule has 0 aromatic heterocycles. The molecular weight excluding hydrogens is 240 g/mol. The Labute approximate surface area is 104 Å². The van der Waals surface area contributed by atoms with E-state index in [0.717, 1.165) is 6.07 Å². The van der Waals surface area contributed by atoms with Crippen molar-refractivity contribution in [1.29, 1.82) is 0 Å². The molecule has 0 fully saturated rings. The van der Waals surface area contributed by atoms with Crippen molar-refractivity contribution in [1.82, 2.24) is 5.32 Å².